The Balaban J connectivity index is 1.80. The molecule has 0 bridgehead atoms. The Labute approximate surface area is 138 Å². The van der Waals surface area contributed by atoms with E-state index in [0.717, 1.165) is 28.5 Å². The Bertz CT molecular complexity index is 718. The van der Waals surface area contributed by atoms with Gasteiger partial charge in [0.1, 0.15) is 15.9 Å². The number of H-pyrrole nitrogens is 1. The summed E-state index contributed by atoms with van der Waals surface area (Å²) >= 11 is 3.40. The molecule has 0 spiro atoms. The highest BCUT2D eigenvalue weighted by Gasteiger charge is 2.25. The predicted molar refractivity (Wildman–Crippen MR) is 89.0 cm³/mol. The van der Waals surface area contributed by atoms with Crippen LogP contribution in [-0.2, 0) is 17.6 Å². The second kappa shape index (κ2) is 5.57. The van der Waals surface area contributed by atoms with E-state index in [2.05, 4.69) is 32.0 Å². The van der Waals surface area contributed by atoms with E-state index in [-0.39, 0.29) is 6.09 Å². The Morgan fingerprint density at radius 1 is 1.32 bits per heavy atom. The first-order valence-corrected chi connectivity index (χ1v) is 8.27. The van der Waals surface area contributed by atoms with Crippen molar-refractivity contribution < 1.29 is 9.53 Å². The van der Waals surface area contributed by atoms with Gasteiger partial charge >= 0.3 is 6.09 Å². The summed E-state index contributed by atoms with van der Waals surface area (Å²) in [6.07, 6.45) is 1.38. The van der Waals surface area contributed by atoms with Crippen LogP contribution in [0.15, 0.2) is 16.7 Å². The molecule has 0 unspecified atom stereocenters. The van der Waals surface area contributed by atoms with Gasteiger partial charge in [0.05, 0.1) is 0 Å². The second-order valence-electron chi connectivity index (χ2n) is 6.58. The van der Waals surface area contributed by atoms with Gasteiger partial charge in [-0.25, -0.2) is 9.78 Å². The van der Waals surface area contributed by atoms with Crippen LogP contribution in [-0.4, -0.2) is 39.7 Å². The zero-order chi connectivity index (χ0) is 15.9. The number of carbonyl (C=O) groups excluding carboxylic acids is 1. The molecule has 0 fully saturated rings. The van der Waals surface area contributed by atoms with Gasteiger partial charge in [-0.05, 0) is 60.8 Å². The van der Waals surface area contributed by atoms with E-state index < -0.39 is 5.60 Å². The third-order valence-corrected chi connectivity index (χ3v) is 4.18. The van der Waals surface area contributed by atoms with Crippen LogP contribution in [0, 0.1) is 0 Å². The molecular weight excluding hydrogens is 346 g/mol. The number of halogens is 1. The van der Waals surface area contributed by atoms with E-state index in [9.17, 15) is 4.79 Å². The van der Waals surface area contributed by atoms with Gasteiger partial charge in [0, 0.05) is 30.6 Å². The molecule has 0 aromatic carbocycles. The minimum Gasteiger partial charge on any atom is -0.444 e. The van der Waals surface area contributed by atoms with Crippen molar-refractivity contribution in [2.24, 2.45) is 0 Å². The molecule has 2 aromatic heterocycles. The molecule has 2 aromatic rings. The number of carbonyl (C=O) groups is 1. The molecule has 0 atom stereocenters. The highest BCUT2D eigenvalue weighted by molar-refractivity contribution is 9.10. The van der Waals surface area contributed by atoms with Crippen molar-refractivity contribution in [3.63, 3.8) is 0 Å². The van der Waals surface area contributed by atoms with E-state index in [4.69, 9.17) is 4.74 Å². The quantitative estimate of drug-likeness (QED) is 0.724. The number of nitrogens with zero attached hydrogens (tertiary/aromatic N) is 2. The smallest absolute Gasteiger partial charge is 0.410 e. The number of nitrogens with one attached hydrogen (secondary N) is 1. The highest BCUT2D eigenvalue weighted by atomic mass is 79.9. The zero-order valence-electron chi connectivity index (χ0n) is 13.1. The first kappa shape index (κ1) is 15.3. The monoisotopic (exact) mass is 365 g/mol. The molecule has 0 radical (unpaired) electrons. The lowest BCUT2D eigenvalue weighted by atomic mass is 10.1. The van der Waals surface area contributed by atoms with Gasteiger partial charge in [0.15, 0.2) is 0 Å². The highest BCUT2D eigenvalue weighted by Crippen LogP contribution is 2.26. The molecule has 118 valence electrons. The molecular formula is C16H20BrN3O2. The number of aromatic nitrogens is 2. The summed E-state index contributed by atoms with van der Waals surface area (Å²) < 4.78 is 6.30. The minimum absolute atomic E-state index is 0.233. The molecule has 3 rings (SSSR count). The lowest BCUT2D eigenvalue weighted by Gasteiger charge is -2.26. The topological polar surface area (TPSA) is 58.2 Å². The van der Waals surface area contributed by atoms with E-state index >= 15 is 0 Å². The number of hydrogen-bond donors (Lipinski definition) is 1. The Morgan fingerprint density at radius 3 is 2.77 bits per heavy atom. The number of rotatable bonds is 0. The molecule has 3 heterocycles. The lowest BCUT2D eigenvalue weighted by molar-refractivity contribution is 0.0258. The standard InChI is InChI=1S/C16H20BrN3O2/c1-16(2,3)22-15(21)20-8-6-10-11-4-5-13(17)19-14(11)18-12(10)7-9-20/h4-5H,6-9H2,1-3H3,(H,18,19). The van der Waals surface area contributed by atoms with Crippen molar-refractivity contribution in [3.05, 3.63) is 28.0 Å². The fraction of sp³-hybridized carbons (Fsp3) is 0.500. The van der Waals surface area contributed by atoms with Crippen LogP contribution in [0.25, 0.3) is 11.0 Å². The van der Waals surface area contributed by atoms with Crippen molar-refractivity contribution in [3.8, 4) is 0 Å². The van der Waals surface area contributed by atoms with E-state index in [0.29, 0.717) is 13.1 Å². The van der Waals surface area contributed by atoms with Crippen LogP contribution in [0.1, 0.15) is 32.0 Å². The van der Waals surface area contributed by atoms with Crippen molar-refractivity contribution in [2.75, 3.05) is 13.1 Å². The van der Waals surface area contributed by atoms with Crippen LogP contribution in [0.5, 0.6) is 0 Å². The molecule has 1 aliphatic rings. The summed E-state index contributed by atoms with van der Waals surface area (Å²) in [5, 5.41) is 1.14. The third kappa shape index (κ3) is 3.11. The molecule has 0 saturated heterocycles. The van der Waals surface area contributed by atoms with Gasteiger partial charge in [-0.2, -0.15) is 0 Å². The number of fused-ring (bicyclic) bond motifs is 3. The Morgan fingerprint density at radius 2 is 2.05 bits per heavy atom. The van der Waals surface area contributed by atoms with E-state index in [1.807, 2.05) is 26.8 Å². The van der Waals surface area contributed by atoms with E-state index in [1.54, 1.807) is 4.90 Å². The van der Waals surface area contributed by atoms with Crippen molar-refractivity contribution in [2.45, 2.75) is 39.2 Å². The van der Waals surface area contributed by atoms with Crippen molar-refractivity contribution >= 4 is 33.1 Å². The van der Waals surface area contributed by atoms with E-state index in [1.165, 1.54) is 11.3 Å². The summed E-state index contributed by atoms with van der Waals surface area (Å²) in [4.78, 5) is 21.9. The number of amides is 1. The SMILES string of the molecule is CC(C)(C)OC(=O)N1CCc2[nH]c3nc(Br)ccc3c2CC1. The average molecular weight is 366 g/mol. The van der Waals surface area contributed by atoms with Crippen LogP contribution in [0.2, 0.25) is 0 Å². The number of ether oxygens (including phenoxy) is 1. The van der Waals surface area contributed by atoms with Gasteiger partial charge in [-0.1, -0.05) is 0 Å². The van der Waals surface area contributed by atoms with Crippen molar-refractivity contribution in [1.29, 1.82) is 0 Å². The molecule has 1 N–H and O–H groups in total. The molecule has 5 nitrogen and oxygen atoms in total. The summed E-state index contributed by atoms with van der Waals surface area (Å²) in [5.41, 5.74) is 2.89. The first-order chi connectivity index (χ1) is 10.3. The fourth-order valence-corrected chi connectivity index (χ4v) is 3.08. The fourth-order valence-electron chi connectivity index (χ4n) is 2.77. The number of hydrogen-bond acceptors (Lipinski definition) is 3. The van der Waals surface area contributed by atoms with Gasteiger partial charge in [-0.3, -0.25) is 0 Å². The number of aromatic amines is 1. The predicted octanol–water partition coefficient (Wildman–Crippen LogP) is 3.66. The lowest BCUT2D eigenvalue weighted by Crippen LogP contribution is -2.38. The third-order valence-electron chi connectivity index (χ3n) is 3.74. The molecule has 0 saturated carbocycles. The second-order valence-corrected chi connectivity index (χ2v) is 7.39. The molecule has 0 aliphatic carbocycles. The molecule has 1 amide bonds. The van der Waals surface area contributed by atoms with Gasteiger partial charge in [0.25, 0.3) is 0 Å². The largest absolute Gasteiger partial charge is 0.444 e. The maximum atomic E-state index is 12.2. The van der Waals surface area contributed by atoms with Crippen LogP contribution >= 0.6 is 15.9 Å². The van der Waals surface area contributed by atoms with Crippen LogP contribution in [0.4, 0.5) is 4.79 Å². The van der Waals surface area contributed by atoms with Crippen molar-refractivity contribution in [1.82, 2.24) is 14.9 Å². The molecule has 22 heavy (non-hydrogen) atoms. The average Bonchev–Trinajstić information content (AvgIpc) is 2.60. The normalized spacial score (nSPS) is 15.5. The maximum absolute atomic E-state index is 12.2. The summed E-state index contributed by atoms with van der Waals surface area (Å²) in [7, 11) is 0. The Kier molecular flexibility index (Phi) is 3.89. The molecule has 1 aliphatic heterocycles. The van der Waals surface area contributed by atoms with Crippen LogP contribution < -0.4 is 0 Å². The van der Waals surface area contributed by atoms with Crippen LogP contribution in [0.3, 0.4) is 0 Å². The van der Waals surface area contributed by atoms with Gasteiger partial charge in [0.2, 0.25) is 0 Å². The summed E-state index contributed by atoms with van der Waals surface area (Å²) in [6, 6.07) is 4.03. The first-order valence-electron chi connectivity index (χ1n) is 7.47. The number of pyridine rings is 1. The van der Waals surface area contributed by atoms with Gasteiger partial charge < -0.3 is 14.6 Å². The summed E-state index contributed by atoms with van der Waals surface area (Å²) in [5.74, 6) is 0. The molecule has 6 heteroatoms. The zero-order valence-corrected chi connectivity index (χ0v) is 14.7. The summed E-state index contributed by atoms with van der Waals surface area (Å²) in [6.45, 7) is 7.01. The minimum atomic E-state index is -0.458. The Hall–Kier alpha value is -1.56. The maximum Gasteiger partial charge on any atom is 0.410 e. The van der Waals surface area contributed by atoms with Gasteiger partial charge in [-0.15, -0.1) is 0 Å².